The minimum atomic E-state index is -0.149. The lowest BCUT2D eigenvalue weighted by Gasteiger charge is -2.21. The van der Waals surface area contributed by atoms with Gasteiger partial charge in [-0.3, -0.25) is 0 Å². The van der Waals surface area contributed by atoms with Gasteiger partial charge in [0, 0.05) is 6.54 Å². The SMILES string of the molecule is CCCNC(=O)N[C@@H](C)c1ccc2c(c1)OCCO2. The lowest BCUT2D eigenvalue weighted by atomic mass is 10.1. The zero-order valence-corrected chi connectivity index (χ0v) is 11.4. The second-order valence-corrected chi connectivity index (χ2v) is 4.53. The Morgan fingerprint density at radius 3 is 2.79 bits per heavy atom. The number of benzene rings is 1. The molecule has 0 aromatic heterocycles. The number of carbonyl (C=O) groups excluding carboxylic acids is 1. The summed E-state index contributed by atoms with van der Waals surface area (Å²) in [5.74, 6) is 1.50. The van der Waals surface area contributed by atoms with E-state index in [-0.39, 0.29) is 12.1 Å². The molecule has 2 rings (SSSR count). The van der Waals surface area contributed by atoms with Gasteiger partial charge in [0.15, 0.2) is 11.5 Å². The molecule has 5 nitrogen and oxygen atoms in total. The molecule has 19 heavy (non-hydrogen) atoms. The Labute approximate surface area is 113 Å². The van der Waals surface area contributed by atoms with Gasteiger partial charge in [0.05, 0.1) is 6.04 Å². The summed E-state index contributed by atoms with van der Waals surface area (Å²) in [6.45, 7) is 5.79. The van der Waals surface area contributed by atoms with Crippen LogP contribution < -0.4 is 20.1 Å². The van der Waals surface area contributed by atoms with E-state index in [1.165, 1.54) is 0 Å². The molecule has 0 saturated heterocycles. The molecule has 5 heteroatoms. The van der Waals surface area contributed by atoms with Crippen molar-refractivity contribution in [2.45, 2.75) is 26.3 Å². The lowest BCUT2D eigenvalue weighted by molar-refractivity contribution is 0.171. The van der Waals surface area contributed by atoms with Gasteiger partial charge < -0.3 is 20.1 Å². The predicted octanol–water partition coefficient (Wildman–Crippen LogP) is 2.23. The van der Waals surface area contributed by atoms with Crippen LogP contribution in [0.5, 0.6) is 11.5 Å². The standard InChI is InChI=1S/C14H20N2O3/c1-3-6-15-14(17)16-10(2)11-4-5-12-13(9-11)19-8-7-18-12/h4-5,9-10H,3,6-8H2,1-2H3,(H2,15,16,17)/t10-/m0/s1. The third-order valence-corrected chi connectivity index (χ3v) is 2.95. The first-order chi connectivity index (χ1) is 9.20. The van der Waals surface area contributed by atoms with Crippen molar-refractivity contribution in [1.29, 1.82) is 0 Å². The van der Waals surface area contributed by atoms with Crippen LogP contribution in [-0.2, 0) is 0 Å². The monoisotopic (exact) mass is 264 g/mol. The molecule has 1 aromatic rings. The number of carbonyl (C=O) groups is 1. The van der Waals surface area contributed by atoms with Gasteiger partial charge in [-0.1, -0.05) is 13.0 Å². The summed E-state index contributed by atoms with van der Waals surface area (Å²) in [7, 11) is 0. The first kappa shape index (κ1) is 13.5. The van der Waals surface area contributed by atoms with Gasteiger partial charge >= 0.3 is 6.03 Å². The van der Waals surface area contributed by atoms with E-state index in [4.69, 9.17) is 9.47 Å². The average molecular weight is 264 g/mol. The van der Waals surface area contributed by atoms with E-state index in [0.29, 0.717) is 19.8 Å². The summed E-state index contributed by atoms with van der Waals surface area (Å²) >= 11 is 0. The first-order valence-electron chi connectivity index (χ1n) is 6.64. The summed E-state index contributed by atoms with van der Waals surface area (Å²) in [4.78, 5) is 11.6. The Morgan fingerprint density at radius 2 is 2.05 bits per heavy atom. The van der Waals surface area contributed by atoms with Crippen LogP contribution in [-0.4, -0.2) is 25.8 Å². The Morgan fingerprint density at radius 1 is 1.32 bits per heavy atom. The molecule has 1 heterocycles. The van der Waals surface area contributed by atoms with Gasteiger partial charge in [-0.25, -0.2) is 4.79 Å². The van der Waals surface area contributed by atoms with E-state index in [1.807, 2.05) is 32.0 Å². The number of fused-ring (bicyclic) bond motifs is 1. The average Bonchev–Trinajstić information content (AvgIpc) is 2.44. The molecular weight excluding hydrogens is 244 g/mol. The van der Waals surface area contributed by atoms with Crippen LogP contribution in [0.25, 0.3) is 0 Å². The molecule has 0 aliphatic carbocycles. The maximum absolute atomic E-state index is 11.6. The Kier molecular flexibility index (Phi) is 4.49. The van der Waals surface area contributed by atoms with E-state index in [0.717, 1.165) is 23.5 Å². The fraction of sp³-hybridized carbons (Fsp3) is 0.500. The highest BCUT2D eigenvalue weighted by Gasteiger charge is 2.15. The molecule has 1 aliphatic heterocycles. The quantitative estimate of drug-likeness (QED) is 0.876. The molecule has 1 atom stereocenters. The smallest absolute Gasteiger partial charge is 0.315 e. The van der Waals surface area contributed by atoms with Crippen molar-refractivity contribution in [3.63, 3.8) is 0 Å². The molecule has 0 radical (unpaired) electrons. The molecule has 0 spiro atoms. The van der Waals surface area contributed by atoms with Gasteiger partial charge in [0.1, 0.15) is 13.2 Å². The van der Waals surface area contributed by atoms with Crippen LogP contribution in [0.3, 0.4) is 0 Å². The number of urea groups is 1. The maximum atomic E-state index is 11.6. The molecular formula is C14H20N2O3. The summed E-state index contributed by atoms with van der Waals surface area (Å²) in [6, 6.07) is 5.51. The van der Waals surface area contributed by atoms with Crippen molar-refractivity contribution in [3.05, 3.63) is 23.8 Å². The zero-order chi connectivity index (χ0) is 13.7. The third-order valence-electron chi connectivity index (χ3n) is 2.95. The molecule has 104 valence electrons. The Bertz CT molecular complexity index is 448. The number of amides is 2. The number of ether oxygens (including phenoxy) is 2. The fourth-order valence-corrected chi connectivity index (χ4v) is 1.90. The van der Waals surface area contributed by atoms with Crippen LogP contribution in [0, 0.1) is 0 Å². The van der Waals surface area contributed by atoms with Gasteiger partial charge in [0.2, 0.25) is 0 Å². The van der Waals surface area contributed by atoms with Crippen LogP contribution in [0.4, 0.5) is 4.79 Å². The minimum Gasteiger partial charge on any atom is -0.486 e. The predicted molar refractivity (Wildman–Crippen MR) is 72.7 cm³/mol. The molecule has 2 N–H and O–H groups in total. The summed E-state index contributed by atoms with van der Waals surface area (Å²) in [5, 5.41) is 5.68. The highest BCUT2D eigenvalue weighted by atomic mass is 16.6. The van der Waals surface area contributed by atoms with Crippen LogP contribution >= 0.6 is 0 Å². The summed E-state index contributed by atoms with van der Waals surface area (Å²) in [6.07, 6.45) is 0.922. The third kappa shape index (κ3) is 3.53. The second-order valence-electron chi connectivity index (χ2n) is 4.53. The molecule has 1 aliphatic rings. The van der Waals surface area contributed by atoms with Crippen molar-refractivity contribution in [2.24, 2.45) is 0 Å². The van der Waals surface area contributed by atoms with Gasteiger partial charge in [-0.2, -0.15) is 0 Å². The van der Waals surface area contributed by atoms with E-state index >= 15 is 0 Å². The summed E-state index contributed by atoms with van der Waals surface area (Å²) < 4.78 is 11.0. The van der Waals surface area contributed by atoms with Crippen LogP contribution in [0.15, 0.2) is 18.2 Å². The number of rotatable bonds is 4. The molecule has 0 unspecified atom stereocenters. The molecule has 1 aromatic carbocycles. The zero-order valence-electron chi connectivity index (χ0n) is 11.4. The highest BCUT2D eigenvalue weighted by molar-refractivity contribution is 5.74. The van der Waals surface area contributed by atoms with Crippen molar-refractivity contribution < 1.29 is 14.3 Å². The lowest BCUT2D eigenvalue weighted by Crippen LogP contribution is -2.37. The normalized spacial score (nSPS) is 14.6. The molecule has 0 fully saturated rings. The van der Waals surface area contributed by atoms with Crippen LogP contribution in [0.1, 0.15) is 31.9 Å². The topological polar surface area (TPSA) is 59.6 Å². The second kappa shape index (κ2) is 6.31. The van der Waals surface area contributed by atoms with Gasteiger partial charge in [0.25, 0.3) is 0 Å². The van der Waals surface area contributed by atoms with E-state index in [2.05, 4.69) is 10.6 Å². The fourth-order valence-electron chi connectivity index (χ4n) is 1.90. The minimum absolute atomic E-state index is 0.0762. The number of hydrogen-bond donors (Lipinski definition) is 2. The number of hydrogen-bond acceptors (Lipinski definition) is 3. The van der Waals surface area contributed by atoms with Crippen molar-refractivity contribution in [3.8, 4) is 11.5 Å². The number of nitrogens with one attached hydrogen (secondary N) is 2. The van der Waals surface area contributed by atoms with E-state index in [9.17, 15) is 4.79 Å². The Hall–Kier alpha value is -1.91. The largest absolute Gasteiger partial charge is 0.486 e. The summed E-state index contributed by atoms with van der Waals surface area (Å²) in [5.41, 5.74) is 0.996. The van der Waals surface area contributed by atoms with E-state index in [1.54, 1.807) is 0 Å². The van der Waals surface area contributed by atoms with Crippen molar-refractivity contribution >= 4 is 6.03 Å². The van der Waals surface area contributed by atoms with Gasteiger partial charge in [-0.15, -0.1) is 0 Å². The van der Waals surface area contributed by atoms with E-state index < -0.39 is 0 Å². The first-order valence-corrected chi connectivity index (χ1v) is 6.64. The molecule has 0 bridgehead atoms. The molecule has 2 amide bonds. The molecule has 0 saturated carbocycles. The van der Waals surface area contributed by atoms with Gasteiger partial charge in [-0.05, 0) is 31.0 Å². The highest BCUT2D eigenvalue weighted by Crippen LogP contribution is 2.32. The van der Waals surface area contributed by atoms with Crippen molar-refractivity contribution in [1.82, 2.24) is 10.6 Å². The Balaban J connectivity index is 1.99. The van der Waals surface area contributed by atoms with Crippen LogP contribution in [0.2, 0.25) is 0 Å². The maximum Gasteiger partial charge on any atom is 0.315 e. The van der Waals surface area contributed by atoms with Crippen molar-refractivity contribution in [2.75, 3.05) is 19.8 Å².